The van der Waals surface area contributed by atoms with Gasteiger partial charge < -0.3 is 10.3 Å². The van der Waals surface area contributed by atoms with Gasteiger partial charge in [0.15, 0.2) is 0 Å². The predicted molar refractivity (Wildman–Crippen MR) is 110 cm³/mol. The van der Waals surface area contributed by atoms with Crippen LogP contribution < -0.4 is 10.9 Å². The van der Waals surface area contributed by atoms with Gasteiger partial charge in [-0.1, -0.05) is 54.6 Å². The molecule has 0 radical (unpaired) electrons. The molecule has 1 atom stereocenters. The molecular weight excluding hydrogens is 350 g/mol. The molecule has 0 saturated heterocycles. The smallest absolute Gasteiger partial charge is 0.251 e. The molecule has 5 nitrogen and oxygen atoms in total. The minimum atomic E-state index is -0.169. The summed E-state index contributed by atoms with van der Waals surface area (Å²) in [6.07, 6.45) is 0.857. The summed E-state index contributed by atoms with van der Waals surface area (Å²) in [6.45, 7) is 4.29. The molecule has 2 aromatic carbocycles. The van der Waals surface area contributed by atoms with Crippen molar-refractivity contribution in [2.75, 3.05) is 6.54 Å². The molecule has 0 aliphatic heterocycles. The Balaban J connectivity index is 1.68. The van der Waals surface area contributed by atoms with Crippen LogP contribution in [0, 0.1) is 13.8 Å². The Bertz CT molecular complexity index is 996. The SMILES string of the molecule is Cc1cc(=O)[nH]c(CCNC(=O)CC(c2ccccc2)c2ccccc2C)n1. The van der Waals surface area contributed by atoms with Crippen molar-refractivity contribution >= 4 is 5.91 Å². The fourth-order valence-electron chi connectivity index (χ4n) is 3.41. The number of carbonyl (C=O) groups is 1. The van der Waals surface area contributed by atoms with Crippen molar-refractivity contribution in [1.82, 2.24) is 15.3 Å². The number of nitrogens with one attached hydrogen (secondary N) is 2. The van der Waals surface area contributed by atoms with E-state index in [1.807, 2.05) is 30.3 Å². The summed E-state index contributed by atoms with van der Waals surface area (Å²) >= 11 is 0. The monoisotopic (exact) mass is 375 g/mol. The number of rotatable bonds is 7. The first-order valence-electron chi connectivity index (χ1n) is 9.47. The summed E-state index contributed by atoms with van der Waals surface area (Å²) in [5.41, 5.74) is 3.96. The molecule has 5 heteroatoms. The second-order valence-electron chi connectivity index (χ2n) is 6.96. The summed E-state index contributed by atoms with van der Waals surface area (Å²) in [5.74, 6) is 0.565. The van der Waals surface area contributed by atoms with E-state index in [0.29, 0.717) is 30.9 Å². The van der Waals surface area contributed by atoms with E-state index in [9.17, 15) is 9.59 Å². The summed E-state index contributed by atoms with van der Waals surface area (Å²) in [5, 5.41) is 2.96. The molecule has 0 aliphatic carbocycles. The van der Waals surface area contributed by atoms with E-state index in [-0.39, 0.29) is 17.4 Å². The van der Waals surface area contributed by atoms with Crippen LogP contribution in [0.25, 0.3) is 0 Å². The van der Waals surface area contributed by atoms with Crippen molar-refractivity contribution in [1.29, 1.82) is 0 Å². The zero-order valence-corrected chi connectivity index (χ0v) is 16.2. The standard InChI is InChI=1S/C23H25N3O2/c1-16-8-6-7-11-19(16)20(18-9-4-3-5-10-18)15-22(27)24-13-12-21-25-17(2)14-23(28)26-21/h3-11,14,20H,12-13,15H2,1-2H3,(H,24,27)(H,25,26,28). The fourth-order valence-corrected chi connectivity index (χ4v) is 3.41. The number of aryl methyl sites for hydroxylation is 2. The van der Waals surface area contributed by atoms with Crippen molar-refractivity contribution in [3.8, 4) is 0 Å². The maximum atomic E-state index is 12.6. The van der Waals surface area contributed by atoms with Gasteiger partial charge in [0.1, 0.15) is 5.82 Å². The van der Waals surface area contributed by atoms with Crippen LogP contribution in [-0.4, -0.2) is 22.4 Å². The molecule has 1 heterocycles. The fraction of sp³-hybridized carbons (Fsp3) is 0.261. The molecule has 0 aliphatic rings. The van der Waals surface area contributed by atoms with Gasteiger partial charge in [0.2, 0.25) is 5.91 Å². The quantitative estimate of drug-likeness (QED) is 0.666. The van der Waals surface area contributed by atoms with E-state index in [1.54, 1.807) is 6.92 Å². The van der Waals surface area contributed by atoms with Crippen LogP contribution in [0.3, 0.4) is 0 Å². The average Bonchev–Trinajstić information content (AvgIpc) is 2.67. The maximum Gasteiger partial charge on any atom is 0.251 e. The van der Waals surface area contributed by atoms with Crippen molar-refractivity contribution in [3.63, 3.8) is 0 Å². The van der Waals surface area contributed by atoms with Gasteiger partial charge in [0, 0.05) is 37.1 Å². The number of aromatic nitrogens is 2. The largest absolute Gasteiger partial charge is 0.356 e. The molecule has 0 saturated carbocycles. The maximum absolute atomic E-state index is 12.6. The second kappa shape index (κ2) is 9.13. The highest BCUT2D eigenvalue weighted by molar-refractivity contribution is 5.77. The number of carbonyl (C=O) groups excluding carboxylic acids is 1. The number of H-pyrrole nitrogens is 1. The normalized spacial score (nSPS) is 11.8. The molecule has 1 unspecified atom stereocenters. The Morgan fingerprint density at radius 2 is 1.79 bits per heavy atom. The Kier molecular flexibility index (Phi) is 6.37. The lowest BCUT2D eigenvalue weighted by Gasteiger charge is -2.20. The number of aromatic amines is 1. The Morgan fingerprint density at radius 1 is 1.07 bits per heavy atom. The molecule has 3 aromatic rings. The number of amides is 1. The van der Waals surface area contributed by atoms with Gasteiger partial charge in [0.05, 0.1) is 0 Å². The van der Waals surface area contributed by atoms with Gasteiger partial charge in [-0.05, 0) is 30.5 Å². The molecule has 3 rings (SSSR count). The number of nitrogens with zero attached hydrogens (tertiary/aromatic N) is 1. The Morgan fingerprint density at radius 3 is 2.50 bits per heavy atom. The van der Waals surface area contributed by atoms with Crippen LogP contribution in [0.1, 0.15) is 40.5 Å². The van der Waals surface area contributed by atoms with Crippen LogP contribution in [0.2, 0.25) is 0 Å². The minimum absolute atomic E-state index is 0.000647. The Labute approximate surface area is 164 Å². The van der Waals surface area contributed by atoms with Gasteiger partial charge in [-0.3, -0.25) is 9.59 Å². The molecule has 0 fully saturated rings. The van der Waals surface area contributed by atoms with Crippen molar-refractivity contribution < 1.29 is 4.79 Å². The molecule has 144 valence electrons. The van der Waals surface area contributed by atoms with Gasteiger partial charge in [-0.25, -0.2) is 4.98 Å². The van der Waals surface area contributed by atoms with E-state index in [2.05, 4.69) is 46.5 Å². The first-order valence-corrected chi connectivity index (χ1v) is 9.47. The number of hydrogen-bond acceptors (Lipinski definition) is 3. The zero-order chi connectivity index (χ0) is 19.9. The summed E-state index contributed by atoms with van der Waals surface area (Å²) < 4.78 is 0. The zero-order valence-electron chi connectivity index (χ0n) is 16.2. The third-order valence-corrected chi connectivity index (χ3v) is 4.76. The second-order valence-corrected chi connectivity index (χ2v) is 6.96. The van der Waals surface area contributed by atoms with Crippen molar-refractivity contribution in [2.45, 2.75) is 32.6 Å². The van der Waals surface area contributed by atoms with Crippen LogP contribution in [0.4, 0.5) is 0 Å². The lowest BCUT2D eigenvalue weighted by molar-refractivity contribution is -0.121. The highest BCUT2D eigenvalue weighted by Gasteiger charge is 2.19. The molecular formula is C23H25N3O2. The number of benzene rings is 2. The molecule has 2 N–H and O–H groups in total. The van der Waals surface area contributed by atoms with Crippen LogP contribution in [-0.2, 0) is 11.2 Å². The van der Waals surface area contributed by atoms with E-state index in [1.165, 1.54) is 11.6 Å². The summed E-state index contributed by atoms with van der Waals surface area (Å²) in [7, 11) is 0. The Hall–Kier alpha value is -3.21. The summed E-state index contributed by atoms with van der Waals surface area (Å²) in [6, 6.07) is 19.7. The molecule has 1 aromatic heterocycles. The third kappa shape index (κ3) is 5.16. The van der Waals surface area contributed by atoms with E-state index in [0.717, 1.165) is 11.1 Å². The molecule has 0 spiro atoms. The van der Waals surface area contributed by atoms with Crippen molar-refractivity contribution in [3.05, 3.63) is 99.2 Å². The van der Waals surface area contributed by atoms with Gasteiger partial charge in [-0.2, -0.15) is 0 Å². The molecule has 28 heavy (non-hydrogen) atoms. The highest BCUT2D eigenvalue weighted by Crippen LogP contribution is 2.30. The van der Waals surface area contributed by atoms with Crippen molar-refractivity contribution in [2.24, 2.45) is 0 Å². The van der Waals surface area contributed by atoms with Crippen LogP contribution in [0.5, 0.6) is 0 Å². The highest BCUT2D eigenvalue weighted by atomic mass is 16.1. The van der Waals surface area contributed by atoms with Gasteiger partial charge in [-0.15, -0.1) is 0 Å². The number of hydrogen-bond donors (Lipinski definition) is 2. The van der Waals surface area contributed by atoms with Crippen LogP contribution >= 0.6 is 0 Å². The predicted octanol–water partition coefficient (Wildman–Crippen LogP) is 3.27. The third-order valence-electron chi connectivity index (χ3n) is 4.76. The topological polar surface area (TPSA) is 74.8 Å². The van der Waals surface area contributed by atoms with E-state index in [4.69, 9.17) is 0 Å². The van der Waals surface area contributed by atoms with E-state index < -0.39 is 0 Å². The minimum Gasteiger partial charge on any atom is -0.356 e. The first kappa shape index (κ1) is 19.5. The molecule has 0 bridgehead atoms. The van der Waals surface area contributed by atoms with E-state index >= 15 is 0 Å². The average molecular weight is 375 g/mol. The lowest BCUT2D eigenvalue weighted by Crippen LogP contribution is -2.28. The molecule has 1 amide bonds. The van der Waals surface area contributed by atoms with Gasteiger partial charge in [0.25, 0.3) is 5.56 Å². The summed E-state index contributed by atoms with van der Waals surface area (Å²) in [4.78, 5) is 31.1. The first-order chi connectivity index (χ1) is 13.5. The van der Waals surface area contributed by atoms with Gasteiger partial charge >= 0.3 is 0 Å². The van der Waals surface area contributed by atoms with Crippen LogP contribution in [0.15, 0.2) is 65.5 Å². The lowest BCUT2D eigenvalue weighted by atomic mass is 9.86.